The molecule has 0 aromatic heterocycles. The fourth-order valence-electron chi connectivity index (χ4n) is 2.34. The third-order valence-electron chi connectivity index (χ3n) is 3.56. The maximum absolute atomic E-state index is 10.4. The van der Waals surface area contributed by atoms with Gasteiger partial charge >= 0.3 is 15.6 Å². The van der Waals surface area contributed by atoms with Gasteiger partial charge in [0, 0.05) is 0 Å². The van der Waals surface area contributed by atoms with Crippen LogP contribution in [0, 0.1) is 0 Å². The van der Waals surface area contributed by atoms with Crippen LogP contribution in [0.5, 0.6) is 0 Å². The third kappa shape index (κ3) is 22.2. The van der Waals surface area contributed by atoms with Gasteiger partial charge < -0.3 is 19.6 Å². The Bertz CT molecular complexity index is 343. The molecule has 0 bridgehead atoms. The van der Waals surface area contributed by atoms with Crippen molar-refractivity contribution in [2.75, 3.05) is 13.2 Å². The molecule has 24 heavy (non-hydrogen) atoms. The molecule has 0 saturated carbocycles. The highest BCUT2D eigenvalue weighted by atomic mass is 31.2. The lowest BCUT2D eigenvalue weighted by atomic mass is 10.1. The first-order valence-corrected chi connectivity index (χ1v) is 11.7. The number of unbranched alkanes of at least 4 members (excludes halogenated alkanes) is 11. The van der Waals surface area contributed by atoms with Gasteiger partial charge in [-0.25, -0.2) is 9.13 Å². The fraction of sp³-hybridized carbons (Fsp3) is 1.00. The standard InChI is InChI=1S/C14H32O8P2/c15-23(16,17)21-13-11-9-7-5-3-1-2-4-6-8-10-12-14-22-24(18,19)20/h1-14H2,(H2,15,16,17)(H2,18,19,20). The molecule has 0 aromatic carbocycles. The molecule has 0 aliphatic rings. The van der Waals surface area contributed by atoms with Gasteiger partial charge in [-0.05, 0) is 12.8 Å². The molecule has 0 aliphatic heterocycles. The van der Waals surface area contributed by atoms with E-state index in [9.17, 15) is 9.13 Å². The predicted molar refractivity (Wildman–Crippen MR) is 91.4 cm³/mol. The normalized spacial score (nSPS) is 12.7. The highest BCUT2D eigenvalue weighted by Crippen LogP contribution is 2.36. The van der Waals surface area contributed by atoms with Crippen LogP contribution in [0.3, 0.4) is 0 Å². The number of hydrogen-bond donors (Lipinski definition) is 4. The van der Waals surface area contributed by atoms with Crippen LogP contribution in [0.15, 0.2) is 0 Å². The molecule has 10 heteroatoms. The van der Waals surface area contributed by atoms with Crippen LogP contribution in [0.1, 0.15) is 77.0 Å². The van der Waals surface area contributed by atoms with E-state index >= 15 is 0 Å². The quantitative estimate of drug-likeness (QED) is 0.217. The zero-order valence-corrected chi connectivity index (χ0v) is 16.0. The summed E-state index contributed by atoms with van der Waals surface area (Å²) in [5.74, 6) is 0. The van der Waals surface area contributed by atoms with Crippen molar-refractivity contribution in [1.82, 2.24) is 0 Å². The Kier molecular flexibility index (Phi) is 14.5. The summed E-state index contributed by atoms with van der Waals surface area (Å²) < 4.78 is 29.6. The van der Waals surface area contributed by atoms with E-state index in [1.54, 1.807) is 0 Å². The average molecular weight is 390 g/mol. The van der Waals surface area contributed by atoms with E-state index in [1.165, 1.54) is 25.7 Å². The lowest BCUT2D eigenvalue weighted by molar-refractivity contribution is 0.191. The summed E-state index contributed by atoms with van der Waals surface area (Å²) in [5, 5.41) is 0. The van der Waals surface area contributed by atoms with Crippen molar-refractivity contribution in [3.63, 3.8) is 0 Å². The van der Waals surface area contributed by atoms with Crippen molar-refractivity contribution in [1.29, 1.82) is 0 Å². The Labute approximate surface area is 144 Å². The molecule has 8 nitrogen and oxygen atoms in total. The van der Waals surface area contributed by atoms with Crippen molar-refractivity contribution in [2.45, 2.75) is 77.0 Å². The first-order valence-electron chi connectivity index (χ1n) is 8.61. The second-order valence-electron chi connectivity index (χ2n) is 5.89. The van der Waals surface area contributed by atoms with E-state index in [-0.39, 0.29) is 13.2 Å². The van der Waals surface area contributed by atoms with Crippen LogP contribution < -0.4 is 0 Å². The molecule has 0 amide bonds. The number of rotatable bonds is 17. The predicted octanol–water partition coefficient (Wildman–Crippen LogP) is 3.89. The van der Waals surface area contributed by atoms with E-state index in [4.69, 9.17) is 19.6 Å². The van der Waals surface area contributed by atoms with E-state index in [0.717, 1.165) is 38.5 Å². The molecule has 146 valence electrons. The lowest BCUT2D eigenvalue weighted by Crippen LogP contribution is -1.92. The number of phosphoric acid groups is 2. The monoisotopic (exact) mass is 390 g/mol. The van der Waals surface area contributed by atoms with Crippen molar-refractivity contribution >= 4 is 15.6 Å². The van der Waals surface area contributed by atoms with E-state index < -0.39 is 15.6 Å². The van der Waals surface area contributed by atoms with Crippen LogP contribution in [0.4, 0.5) is 0 Å². The Morgan fingerprint density at radius 2 is 0.667 bits per heavy atom. The van der Waals surface area contributed by atoms with Crippen molar-refractivity contribution in [3.8, 4) is 0 Å². The van der Waals surface area contributed by atoms with Crippen LogP contribution in [0.2, 0.25) is 0 Å². The zero-order valence-electron chi connectivity index (χ0n) is 14.2. The lowest BCUT2D eigenvalue weighted by Gasteiger charge is -2.05. The van der Waals surface area contributed by atoms with Crippen LogP contribution >= 0.6 is 15.6 Å². The highest BCUT2D eigenvalue weighted by Gasteiger charge is 2.12. The van der Waals surface area contributed by atoms with Gasteiger partial charge in [0.05, 0.1) is 13.2 Å². The molecule has 4 N–H and O–H groups in total. The minimum atomic E-state index is -4.30. The van der Waals surface area contributed by atoms with Gasteiger partial charge in [-0.1, -0.05) is 64.2 Å². The van der Waals surface area contributed by atoms with Crippen LogP contribution in [0.25, 0.3) is 0 Å². The summed E-state index contributed by atoms with van der Waals surface area (Å²) in [6, 6.07) is 0. The molecule has 0 aliphatic carbocycles. The molecule has 0 rings (SSSR count). The van der Waals surface area contributed by atoms with E-state index in [0.29, 0.717) is 12.8 Å². The molecule has 0 heterocycles. The first kappa shape index (κ1) is 24.2. The summed E-state index contributed by atoms with van der Waals surface area (Å²) in [6.45, 7) is 0.229. The SMILES string of the molecule is O=P(O)(O)OCCCCCCCCCCCCCCOP(=O)(O)O. The van der Waals surface area contributed by atoms with Crippen LogP contribution in [-0.2, 0) is 18.2 Å². The van der Waals surface area contributed by atoms with Gasteiger partial charge in [0.1, 0.15) is 0 Å². The Morgan fingerprint density at radius 1 is 0.458 bits per heavy atom. The van der Waals surface area contributed by atoms with Gasteiger partial charge in [0.15, 0.2) is 0 Å². The molecular formula is C14H32O8P2. The summed E-state index contributed by atoms with van der Waals surface area (Å²) in [4.78, 5) is 34.0. The molecular weight excluding hydrogens is 358 g/mol. The maximum atomic E-state index is 10.4. The molecule has 0 spiro atoms. The Hall–Kier alpha value is 0.220. The summed E-state index contributed by atoms with van der Waals surface area (Å²) >= 11 is 0. The smallest absolute Gasteiger partial charge is 0.303 e. The highest BCUT2D eigenvalue weighted by molar-refractivity contribution is 7.46. The molecule has 0 aromatic rings. The number of phosphoric ester groups is 2. The van der Waals surface area contributed by atoms with Crippen molar-refractivity contribution in [3.05, 3.63) is 0 Å². The summed E-state index contributed by atoms with van der Waals surface area (Å²) in [6.07, 6.45) is 12.3. The topological polar surface area (TPSA) is 134 Å². The molecule has 0 unspecified atom stereocenters. The molecule has 0 fully saturated rings. The number of hydrogen-bond acceptors (Lipinski definition) is 4. The Balaban J connectivity index is 3.10. The first-order chi connectivity index (χ1) is 11.2. The summed E-state index contributed by atoms with van der Waals surface area (Å²) in [7, 11) is -8.60. The van der Waals surface area contributed by atoms with Crippen molar-refractivity contribution < 1.29 is 37.8 Å². The largest absolute Gasteiger partial charge is 0.469 e. The Morgan fingerprint density at radius 3 is 0.875 bits per heavy atom. The average Bonchev–Trinajstić information content (AvgIpc) is 2.44. The van der Waals surface area contributed by atoms with E-state index in [2.05, 4.69) is 9.05 Å². The molecule has 0 saturated heterocycles. The van der Waals surface area contributed by atoms with Gasteiger partial charge in [-0.3, -0.25) is 9.05 Å². The van der Waals surface area contributed by atoms with Gasteiger partial charge in [0.2, 0.25) is 0 Å². The molecule has 0 radical (unpaired) electrons. The maximum Gasteiger partial charge on any atom is 0.469 e. The minimum Gasteiger partial charge on any atom is -0.303 e. The zero-order chi connectivity index (χ0) is 18.3. The molecule has 0 atom stereocenters. The van der Waals surface area contributed by atoms with Gasteiger partial charge in [-0.2, -0.15) is 0 Å². The second-order valence-corrected chi connectivity index (χ2v) is 8.37. The van der Waals surface area contributed by atoms with Gasteiger partial charge in [-0.15, -0.1) is 0 Å². The summed E-state index contributed by atoms with van der Waals surface area (Å²) in [5.41, 5.74) is 0. The van der Waals surface area contributed by atoms with Crippen molar-refractivity contribution in [2.24, 2.45) is 0 Å². The van der Waals surface area contributed by atoms with Gasteiger partial charge in [0.25, 0.3) is 0 Å². The van der Waals surface area contributed by atoms with E-state index in [1.807, 2.05) is 0 Å². The third-order valence-corrected chi connectivity index (χ3v) is 4.60. The second kappa shape index (κ2) is 14.4. The minimum absolute atomic E-state index is 0.115. The fourth-order valence-corrected chi connectivity index (χ4v) is 3.07. The van der Waals surface area contributed by atoms with Crippen LogP contribution in [-0.4, -0.2) is 32.8 Å².